The molecule has 2 N–H and O–H groups in total. The number of halogens is 1. The smallest absolute Gasteiger partial charge is 0.342 e. The molecule has 0 fully saturated rings. The molecule has 0 aliphatic carbocycles. The van der Waals surface area contributed by atoms with E-state index < -0.39 is 5.97 Å². The van der Waals surface area contributed by atoms with E-state index in [2.05, 4.69) is 37.2 Å². The van der Waals surface area contributed by atoms with Gasteiger partial charge in [0, 0.05) is 0 Å². The highest BCUT2D eigenvalue weighted by Gasteiger charge is 2.13. The molecule has 0 aliphatic heterocycles. The SMILES string of the molecule is Cc1nc(S/C(=C\c2ccc(OCc3ccc(C#N)cc3)c(Br)c2)C(=O)O)n[nH]1. The number of aliphatic carboxylic acids is 1. The molecule has 0 bridgehead atoms. The van der Waals surface area contributed by atoms with Gasteiger partial charge in [-0.1, -0.05) is 18.2 Å². The number of aromatic nitrogens is 3. The van der Waals surface area contributed by atoms with Crippen molar-refractivity contribution in [1.29, 1.82) is 5.26 Å². The zero-order chi connectivity index (χ0) is 20.8. The second-order valence-electron chi connectivity index (χ2n) is 5.91. The Balaban J connectivity index is 1.72. The van der Waals surface area contributed by atoms with Crippen LogP contribution in [0.15, 0.2) is 57.0 Å². The first-order valence-corrected chi connectivity index (χ1v) is 9.99. The van der Waals surface area contributed by atoms with Gasteiger partial charge in [0.15, 0.2) is 0 Å². The van der Waals surface area contributed by atoms with E-state index in [-0.39, 0.29) is 4.91 Å². The maximum atomic E-state index is 11.6. The Morgan fingerprint density at radius 2 is 2.10 bits per heavy atom. The normalized spacial score (nSPS) is 11.1. The molecule has 146 valence electrons. The van der Waals surface area contributed by atoms with Gasteiger partial charge in [-0.15, -0.1) is 5.10 Å². The summed E-state index contributed by atoms with van der Waals surface area (Å²) in [5.74, 6) is 0.180. The van der Waals surface area contributed by atoms with Gasteiger partial charge in [-0.3, -0.25) is 5.10 Å². The highest BCUT2D eigenvalue weighted by molar-refractivity contribution is 9.10. The number of hydrogen-bond acceptors (Lipinski definition) is 6. The van der Waals surface area contributed by atoms with E-state index in [9.17, 15) is 9.90 Å². The number of thioether (sulfide) groups is 1. The van der Waals surface area contributed by atoms with Gasteiger partial charge in [-0.05, 0) is 76.1 Å². The number of nitrogens with zero attached hydrogens (tertiary/aromatic N) is 3. The molecule has 0 unspecified atom stereocenters. The lowest BCUT2D eigenvalue weighted by atomic mass is 10.1. The minimum absolute atomic E-state index is 0.0992. The van der Waals surface area contributed by atoms with Gasteiger partial charge in [-0.2, -0.15) is 5.26 Å². The fraction of sp³-hybridized carbons (Fsp3) is 0.100. The van der Waals surface area contributed by atoms with Crippen molar-refractivity contribution in [2.24, 2.45) is 0 Å². The van der Waals surface area contributed by atoms with Gasteiger partial charge in [-0.25, -0.2) is 9.78 Å². The van der Waals surface area contributed by atoms with E-state index >= 15 is 0 Å². The molecule has 3 aromatic rings. The van der Waals surface area contributed by atoms with Gasteiger partial charge in [0.25, 0.3) is 0 Å². The zero-order valence-electron chi connectivity index (χ0n) is 15.2. The molecule has 0 atom stereocenters. The Kier molecular flexibility index (Phi) is 6.69. The van der Waals surface area contributed by atoms with E-state index in [4.69, 9.17) is 10.00 Å². The molecule has 7 nitrogen and oxygen atoms in total. The lowest BCUT2D eigenvalue weighted by molar-refractivity contribution is -0.131. The summed E-state index contributed by atoms with van der Waals surface area (Å²) >= 11 is 4.43. The molecular formula is C20H15BrN4O3S. The summed E-state index contributed by atoms with van der Waals surface area (Å²) in [5.41, 5.74) is 2.23. The Labute approximate surface area is 179 Å². The number of carboxylic acid groups (broad SMARTS) is 1. The van der Waals surface area contributed by atoms with Crippen LogP contribution in [-0.4, -0.2) is 26.3 Å². The number of H-pyrrole nitrogens is 1. The van der Waals surface area contributed by atoms with Crippen molar-refractivity contribution in [3.63, 3.8) is 0 Å². The molecule has 0 aliphatic rings. The lowest BCUT2D eigenvalue weighted by Gasteiger charge is -2.09. The van der Waals surface area contributed by atoms with Gasteiger partial charge in [0.2, 0.25) is 5.16 Å². The Hall–Kier alpha value is -3.09. The molecule has 0 saturated heterocycles. The number of ether oxygens (including phenoxy) is 1. The first-order valence-electron chi connectivity index (χ1n) is 8.38. The molecule has 29 heavy (non-hydrogen) atoms. The fourth-order valence-electron chi connectivity index (χ4n) is 2.31. The third kappa shape index (κ3) is 5.70. The summed E-state index contributed by atoms with van der Waals surface area (Å²) in [7, 11) is 0. The second kappa shape index (κ2) is 9.41. The Bertz CT molecular complexity index is 1100. The van der Waals surface area contributed by atoms with Crippen LogP contribution in [0.2, 0.25) is 0 Å². The van der Waals surface area contributed by atoms with Crippen LogP contribution in [0.1, 0.15) is 22.5 Å². The number of benzene rings is 2. The van der Waals surface area contributed by atoms with Crippen molar-refractivity contribution in [1.82, 2.24) is 15.2 Å². The van der Waals surface area contributed by atoms with E-state index in [0.29, 0.717) is 38.9 Å². The summed E-state index contributed by atoms with van der Waals surface area (Å²) in [4.78, 5) is 15.8. The highest BCUT2D eigenvalue weighted by Crippen LogP contribution is 2.30. The quantitative estimate of drug-likeness (QED) is 0.384. The van der Waals surface area contributed by atoms with Gasteiger partial charge >= 0.3 is 5.97 Å². The maximum Gasteiger partial charge on any atom is 0.342 e. The van der Waals surface area contributed by atoms with Gasteiger partial charge in [0.05, 0.1) is 16.1 Å². The van der Waals surface area contributed by atoms with E-state index in [1.807, 2.05) is 12.1 Å². The van der Waals surface area contributed by atoms with Crippen molar-refractivity contribution in [2.45, 2.75) is 18.7 Å². The molecule has 0 radical (unpaired) electrons. The van der Waals surface area contributed by atoms with Crippen molar-refractivity contribution >= 4 is 39.7 Å². The van der Waals surface area contributed by atoms with E-state index in [1.54, 1.807) is 43.3 Å². The van der Waals surface area contributed by atoms with Crippen LogP contribution >= 0.6 is 27.7 Å². The molecular weight excluding hydrogens is 456 g/mol. The van der Waals surface area contributed by atoms with Crippen LogP contribution in [0.5, 0.6) is 5.75 Å². The number of carbonyl (C=O) groups is 1. The van der Waals surface area contributed by atoms with Crippen molar-refractivity contribution in [3.8, 4) is 11.8 Å². The molecule has 2 aromatic carbocycles. The maximum absolute atomic E-state index is 11.6. The van der Waals surface area contributed by atoms with Crippen LogP contribution in [0, 0.1) is 18.3 Å². The average Bonchev–Trinajstić information content (AvgIpc) is 3.12. The number of rotatable bonds is 7. The highest BCUT2D eigenvalue weighted by atomic mass is 79.9. The van der Waals surface area contributed by atoms with Crippen molar-refractivity contribution in [2.75, 3.05) is 0 Å². The standard InChI is InChI=1S/C20H15BrN4O3S/c1-12-23-20(25-24-12)29-18(19(26)27)9-15-6-7-17(16(21)8-15)28-11-14-4-2-13(10-22)3-5-14/h2-9H,11H2,1H3,(H,26,27)(H,23,24,25)/b18-9-. The predicted molar refractivity (Wildman–Crippen MR) is 112 cm³/mol. The largest absolute Gasteiger partial charge is 0.488 e. The first-order chi connectivity index (χ1) is 13.9. The summed E-state index contributed by atoms with van der Waals surface area (Å²) in [6, 6.07) is 14.5. The zero-order valence-corrected chi connectivity index (χ0v) is 17.6. The van der Waals surface area contributed by atoms with Gasteiger partial charge < -0.3 is 9.84 Å². The van der Waals surface area contributed by atoms with Crippen LogP contribution in [-0.2, 0) is 11.4 Å². The van der Waals surface area contributed by atoms with Crippen molar-refractivity contribution < 1.29 is 14.6 Å². The minimum Gasteiger partial charge on any atom is -0.488 e. The molecule has 1 heterocycles. The van der Waals surface area contributed by atoms with Crippen LogP contribution in [0.3, 0.4) is 0 Å². The number of hydrogen-bond donors (Lipinski definition) is 2. The van der Waals surface area contributed by atoms with Gasteiger partial charge in [0.1, 0.15) is 23.1 Å². The molecule has 9 heteroatoms. The Morgan fingerprint density at radius 3 is 2.69 bits per heavy atom. The molecule has 3 rings (SSSR count). The van der Waals surface area contributed by atoms with Crippen LogP contribution in [0.25, 0.3) is 6.08 Å². The minimum atomic E-state index is -1.06. The number of nitrogens with one attached hydrogen (secondary N) is 1. The van der Waals surface area contributed by atoms with Crippen molar-refractivity contribution in [3.05, 3.63) is 74.4 Å². The number of carboxylic acids is 1. The number of aryl methyl sites for hydroxylation is 1. The summed E-state index contributed by atoms with van der Waals surface area (Å²) in [6.07, 6.45) is 1.55. The number of nitriles is 1. The summed E-state index contributed by atoms with van der Waals surface area (Å²) in [6.45, 7) is 2.09. The summed E-state index contributed by atoms with van der Waals surface area (Å²) in [5, 5.41) is 25.3. The Morgan fingerprint density at radius 1 is 1.34 bits per heavy atom. The van der Waals surface area contributed by atoms with E-state index in [1.165, 1.54) is 0 Å². The van der Waals surface area contributed by atoms with E-state index in [0.717, 1.165) is 17.3 Å². The topological polar surface area (TPSA) is 112 Å². The molecule has 0 spiro atoms. The molecule has 1 aromatic heterocycles. The molecule has 0 saturated carbocycles. The molecule has 0 amide bonds. The second-order valence-corrected chi connectivity index (χ2v) is 7.77. The fourth-order valence-corrected chi connectivity index (χ4v) is 3.58. The third-order valence-corrected chi connectivity index (χ3v) is 5.22. The van der Waals surface area contributed by atoms with Crippen LogP contribution in [0.4, 0.5) is 0 Å². The summed E-state index contributed by atoms with van der Waals surface area (Å²) < 4.78 is 6.50. The monoisotopic (exact) mass is 470 g/mol. The first kappa shape index (κ1) is 20.6. The number of aromatic amines is 1. The average molecular weight is 471 g/mol. The van der Waals surface area contributed by atoms with Crippen LogP contribution < -0.4 is 4.74 Å². The third-order valence-electron chi connectivity index (χ3n) is 3.72. The predicted octanol–water partition coefficient (Wildman–Crippen LogP) is 4.54. The lowest BCUT2D eigenvalue weighted by Crippen LogP contribution is -1.98.